The SMILES string of the molecule is CC(C)(C)NC1CCN(C(=O)CCN2CCNCC2)CC1. The lowest BCUT2D eigenvalue weighted by atomic mass is 10.00. The van der Waals surface area contributed by atoms with Crippen LogP contribution in [0.4, 0.5) is 0 Å². The number of carbonyl (C=O) groups excluding carboxylic acids is 1. The minimum absolute atomic E-state index is 0.166. The number of carbonyl (C=O) groups is 1. The van der Waals surface area contributed by atoms with Crippen molar-refractivity contribution in [3.63, 3.8) is 0 Å². The van der Waals surface area contributed by atoms with Crippen LogP contribution in [-0.2, 0) is 4.79 Å². The third-order valence-electron chi connectivity index (χ3n) is 4.34. The summed E-state index contributed by atoms with van der Waals surface area (Å²) in [7, 11) is 0. The minimum atomic E-state index is 0.166. The van der Waals surface area contributed by atoms with Gasteiger partial charge in [-0.15, -0.1) is 0 Å². The summed E-state index contributed by atoms with van der Waals surface area (Å²) in [4.78, 5) is 16.7. The quantitative estimate of drug-likeness (QED) is 0.800. The molecule has 0 atom stereocenters. The molecule has 2 heterocycles. The van der Waals surface area contributed by atoms with E-state index in [2.05, 4.69) is 41.2 Å². The first-order valence-corrected chi connectivity index (χ1v) is 8.42. The van der Waals surface area contributed by atoms with Crippen molar-refractivity contribution in [3.05, 3.63) is 0 Å². The highest BCUT2D eigenvalue weighted by atomic mass is 16.2. The fourth-order valence-corrected chi connectivity index (χ4v) is 3.23. The van der Waals surface area contributed by atoms with Crippen LogP contribution in [-0.4, -0.2) is 73.1 Å². The standard InChI is InChI=1S/C16H32N4O/c1-16(2,3)18-14-4-10-20(11-5-14)15(21)6-9-19-12-7-17-8-13-19/h14,17-18H,4-13H2,1-3H3. The van der Waals surface area contributed by atoms with Crippen molar-refractivity contribution in [3.8, 4) is 0 Å². The van der Waals surface area contributed by atoms with Crippen molar-refractivity contribution in [2.75, 3.05) is 45.8 Å². The highest BCUT2D eigenvalue weighted by Crippen LogP contribution is 2.14. The van der Waals surface area contributed by atoms with E-state index in [9.17, 15) is 4.79 Å². The Bertz CT molecular complexity index is 326. The molecule has 0 bridgehead atoms. The zero-order valence-corrected chi connectivity index (χ0v) is 14.0. The maximum Gasteiger partial charge on any atom is 0.223 e. The first-order valence-electron chi connectivity index (χ1n) is 8.42. The lowest BCUT2D eigenvalue weighted by molar-refractivity contribution is -0.132. The molecule has 5 heteroatoms. The molecule has 122 valence electrons. The Morgan fingerprint density at radius 1 is 1.14 bits per heavy atom. The van der Waals surface area contributed by atoms with Gasteiger partial charge in [-0.2, -0.15) is 0 Å². The minimum Gasteiger partial charge on any atom is -0.343 e. The Morgan fingerprint density at radius 3 is 2.33 bits per heavy atom. The molecule has 0 saturated carbocycles. The molecule has 0 aromatic heterocycles. The van der Waals surface area contributed by atoms with Crippen molar-refractivity contribution >= 4 is 5.91 Å². The van der Waals surface area contributed by atoms with Gasteiger partial charge in [0.1, 0.15) is 0 Å². The van der Waals surface area contributed by atoms with E-state index in [1.807, 2.05) is 0 Å². The molecule has 21 heavy (non-hydrogen) atoms. The van der Waals surface area contributed by atoms with Crippen LogP contribution >= 0.6 is 0 Å². The molecule has 5 nitrogen and oxygen atoms in total. The third kappa shape index (κ3) is 5.93. The van der Waals surface area contributed by atoms with E-state index in [0.29, 0.717) is 18.4 Å². The van der Waals surface area contributed by atoms with Gasteiger partial charge < -0.3 is 20.4 Å². The second-order valence-corrected chi connectivity index (χ2v) is 7.39. The highest BCUT2D eigenvalue weighted by Gasteiger charge is 2.25. The van der Waals surface area contributed by atoms with Crippen LogP contribution in [0, 0.1) is 0 Å². The van der Waals surface area contributed by atoms with Gasteiger partial charge in [0.2, 0.25) is 5.91 Å². The molecule has 2 fully saturated rings. The molecule has 0 spiro atoms. The number of likely N-dealkylation sites (tertiary alicyclic amines) is 1. The van der Waals surface area contributed by atoms with E-state index in [4.69, 9.17) is 0 Å². The van der Waals surface area contributed by atoms with Crippen LogP contribution in [0.25, 0.3) is 0 Å². The average Bonchev–Trinajstić information content (AvgIpc) is 2.45. The lowest BCUT2D eigenvalue weighted by Crippen LogP contribution is -2.51. The number of amides is 1. The summed E-state index contributed by atoms with van der Waals surface area (Å²) in [5, 5.41) is 6.99. The molecule has 0 aromatic carbocycles. The Labute approximate surface area is 129 Å². The summed E-state index contributed by atoms with van der Waals surface area (Å²) in [5.41, 5.74) is 0.166. The van der Waals surface area contributed by atoms with Crippen molar-refractivity contribution in [1.29, 1.82) is 0 Å². The third-order valence-corrected chi connectivity index (χ3v) is 4.34. The van der Waals surface area contributed by atoms with E-state index in [-0.39, 0.29) is 5.54 Å². The average molecular weight is 296 g/mol. The maximum absolute atomic E-state index is 12.3. The Balaban J connectivity index is 1.65. The molecule has 2 saturated heterocycles. The van der Waals surface area contributed by atoms with Gasteiger partial charge >= 0.3 is 0 Å². The van der Waals surface area contributed by atoms with Gasteiger partial charge in [0.15, 0.2) is 0 Å². The van der Waals surface area contributed by atoms with Gasteiger partial charge in [0.25, 0.3) is 0 Å². The molecule has 2 rings (SSSR count). The Kier molecular flexibility index (Phi) is 6.02. The van der Waals surface area contributed by atoms with Gasteiger partial charge in [-0.3, -0.25) is 4.79 Å². The van der Waals surface area contributed by atoms with E-state index in [1.54, 1.807) is 0 Å². The summed E-state index contributed by atoms with van der Waals surface area (Å²) in [6.45, 7) is 13.6. The summed E-state index contributed by atoms with van der Waals surface area (Å²) < 4.78 is 0. The van der Waals surface area contributed by atoms with Crippen molar-refractivity contribution < 1.29 is 4.79 Å². The van der Waals surface area contributed by atoms with E-state index in [1.165, 1.54) is 0 Å². The van der Waals surface area contributed by atoms with Gasteiger partial charge in [-0.25, -0.2) is 0 Å². The molecular formula is C16H32N4O. The normalized spacial score (nSPS) is 22.5. The number of nitrogens with one attached hydrogen (secondary N) is 2. The first-order chi connectivity index (χ1) is 9.94. The van der Waals surface area contributed by atoms with Gasteiger partial charge in [0.05, 0.1) is 0 Å². The smallest absolute Gasteiger partial charge is 0.223 e. The number of piperidine rings is 1. The summed E-state index contributed by atoms with van der Waals surface area (Å²) >= 11 is 0. The van der Waals surface area contributed by atoms with Crippen LogP contribution < -0.4 is 10.6 Å². The molecule has 1 amide bonds. The first kappa shape index (κ1) is 16.7. The molecule has 0 aliphatic carbocycles. The number of hydrogen-bond donors (Lipinski definition) is 2. The zero-order chi connectivity index (χ0) is 15.3. The molecule has 2 aliphatic rings. The fourth-order valence-electron chi connectivity index (χ4n) is 3.23. The van der Waals surface area contributed by atoms with Crippen molar-refractivity contribution in [2.45, 2.75) is 51.6 Å². The lowest BCUT2D eigenvalue weighted by Gasteiger charge is -2.36. The molecule has 2 N–H and O–H groups in total. The molecule has 0 aromatic rings. The number of hydrogen-bond acceptors (Lipinski definition) is 4. The van der Waals surface area contributed by atoms with Crippen molar-refractivity contribution in [2.24, 2.45) is 0 Å². The van der Waals surface area contributed by atoms with Gasteiger partial charge in [-0.1, -0.05) is 0 Å². The topological polar surface area (TPSA) is 47.6 Å². The van der Waals surface area contributed by atoms with E-state index < -0.39 is 0 Å². The van der Waals surface area contributed by atoms with E-state index >= 15 is 0 Å². The predicted octanol–water partition coefficient (Wildman–Crippen LogP) is 0.661. The number of piperazine rings is 1. The summed E-state index contributed by atoms with van der Waals surface area (Å²) in [5.74, 6) is 0.336. The van der Waals surface area contributed by atoms with Crippen LogP contribution in [0.1, 0.15) is 40.0 Å². The van der Waals surface area contributed by atoms with E-state index in [0.717, 1.165) is 58.7 Å². The summed E-state index contributed by atoms with van der Waals surface area (Å²) in [6, 6.07) is 0.558. The van der Waals surface area contributed by atoms with Crippen molar-refractivity contribution in [1.82, 2.24) is 20.4 Å². The molecular weight excluding hydrogens is 264 g/mol. The molecule has 0 unspecified atom stereocenters. The molecule has 0 radical (unpaired) electrons. The monoisotopic (exact) mass is 296 g/mol. The summed E-state index contributed by atoms with van der Waals surface area (Å²) in [6.07, 6.45) is 2.84. The number of rotatable bonds is 4. The van der Waals surface area contributed by atoms with Crippen LogP contribution in [0.15, 0.2) is 0 Å². The fraction of sp³-hybridized carbons (Fsp3) is 0.938. The second kappa shape index (κ2) is 7.56. The second-order valence-electron chi connectivity index (χ2n) is 7.39. The zero-order valence-electron chi connectivity index (χ0n) is 14.0. The number of nitrogens with zero attached hydrogens (tertiary/aromatic N) is 2. The maximum atomic E-state index is 12.3. The highest BCUT2D eigenvalue weighted by molar-refractivity contribution is 5.76. The van der Waals surface area contributed by atoms with Gasteiger partial charge in [-0.05, 0) is 33.6 Å². The Morgan fingerprint density at radius 2 is 1.76 bits per heavy atom. The van der Waals surface area contributed by atoms with Gasteiger partial charge in [0, 0.05) is 63.8 Å². The largest absolute Gasteiger partial charge is 0.343 e. The Hall–Kier alpha value is -0.650. The predicted molar refractivity (Wildman–Crippen MR) is 86.4 cm³/mol. The molecule has 2 aliphatic heterocycles. The van der Waals surface area contributed by atoms with Crippen LogP contribution in [0.2, 0.25) is 0 Å². The van der Waals surface area contributed by atoms with Crippen LogP contribution in [0.5, 0.6) is 0 Å². The van der Waals surface area contributed by atoms with Crippen LogP contribution in [0.3, 0.4) is 0 Å².